The van der Waals surface area contributed by atoms with Gasteiger partial charge in [-0.1, -0.05) is 60.7 Å². The zero-order chi connectivity index (χ0) is 10.9. The summed E-state index contributed by atoms with van der Waals surface area (Å²) in [5.41, 5.74) is 2.55. The molecule has 2 aromatic carbocycles. The van der Waals surface area contributed by atoms with Crippen LogP contribution in [0.1, 0.15) is 0 Å². The van der Waals surface area contributed by atoms with E-state index in [-0.39, 0.29) is 0 Å². The van der Waals surface area contributed by atoms with Crippen molar-refractivity contribution in [1.82, 2.24) is 0 Å². The Morgan fingerprint density at radius 3 is 1.27 bits per heavy atom. The molecule has 0 saturated heterocycles. The topological polar surface area (TPSA) is 0 Å². The van der Waals surface area contributed by atoms with Gasteiger partial charge in [-0.15, -0.1) is 12.2 Å². The van der Waals surface area contributed by atoms with Gasteiger partial charge in [-0.2, -0.15) is 0 Å². The number of benzene rings is 2. The van der Waals surface area contributed by atoms with Crippen molar-refractivity contribution in [2.24, 2.45) is 0 Å². The lowest BCUT2D eigenvalue weighted by molar-refractivity contribution is 1.62. The van der Waals surface area contributed by atoms with E-state index in [2.05, 4.69) is 72.6 Å². The Morgan fingerprint density at radius 1 is 0.733 bits per heavy atom. The summed E-state index contributed by atoms with van der Waals surface area (Å²) in [4.78, 5) is 0. The zero-order valence-electron chi connectivity index (χ0n) is 8.08. The first-order valence-electron chi connectivity index (χ1n) is 4.45. The van der Waals surface area contributed by atoms with Crippen molar-refractivity contribution in [2.45, 2.75) is 0 Å². The molecule has 0 aliphatic heterocycles. The van der Waals surface area contributed by atoms with Crippen LogP contribution in [0.2, 0.25) is 0 Å². The summed E-state index contributed by atoms with van der Waals surface area (Å²) in [6.07, 6.45) is 0. The quantitative estimate of drug-likeness (QED) is 0.570. The highest BCUT2D eigenvalue weighted by Crippen LogP contribution is 2.17. The minimum atomic E-state index is 0.694. The fourth-order valence-corrected chi connectivity index (χ4v) is 1.26. The second kappa shape index (κ2) is 7.58. The van der Waals surface area contributed by atoms with E-state index >= 15 is 0 Å². The molecule has 3 heteroatoms. The Labute approximate surface area is 102 Å². The molecule has 15 heavy (non-hydrogen) atoms. The fraction of sp³-hybridized carbons (Fsp3) is 0. The number of hydrogen-bond donors (Lipinski definition) is 1. The van der Waals surface area contributed by atoms with Crippen LogP contribution in [-0.2, 0) is 11.8 Å². The monoisotopic (exact) mass is 250 g/mol. The number of hydrogen-bond acceptors (Lipinski definition) is 1. The van der Waals surface area contributed by atoms with Crippen LogP contribution in [0.3, 0.4) is 0 Å². The molecule has 2 rings (SSSR count). The summed E-state index contributed by atoms with van der Waals surface area (Å²) >= 11 is 7.81. The molecule has 0 heterocycles. The van der Waals surface area contributed by atoms with Gasteiger partial charge in [0.05, 0.1) is 0 Å². The van der Waals surface area contributed by atoms with Gasteiger partial charge in [-0.25, -0.2) is 0 Å². The zero-order valence-corrected chi connectivity index (χ0v) is 10.7. The van der Waals surface area contributed by atoms with Crippen molar-refractivity contribution in [3.05, 3.63) is 60.7 Å². The lowest BCUT2D eigenvalue weighted by Crippen LogP contribution is -1.73. The Hall–Kier alpha value is -0.690. The first-order chi connectivity index (χ1) is 7.38. The average molecular weight is 250 g/mol. The van der Waals surface area contributed by atoms with Crippen molar-refractivity contribution < 1.29 is 0 Å². The first kappa shape index (κ1) is 12.4. The molecule has 0 aliphatic rings. The largest absolute Gasteiger partial charge is 0.108 e. The van der Waals surface area contributed by atoms with Crippen LogP contribution in [0.5, 0.6) is 0 Å². The number of thiol groups is 1. The lowest BCUT2D eigenvalue weighted by Gasteiger charge is -1.98. The van der Waals surface area contributed by atoms with Crippen molar-refractivity contribution in [2.75, 3.05) is 0 Å². The van der Waals surface area contributed by atoms with E-state index in [1.54, 1.807) is 0 Å². The average Bonchev–Trinajstić information content (AvgIpc) is 2.32. The third kappa shape index (κ3) is 4.57. The summed E-state index contributed by atoms with van der Waals surface area (Å²) in [7, 11) is 0. The minimum absolute atomic E-state index is 0.694. The maximum atomic E-state index is 4.23. The molecule has 0 saturated carbocycles. The summed E-state index contributed by atoms with van der Waals surface area (Å²) in [5, 5.41) is 0. The normalized spacial score (nSPS) is 9.13. The van der Waals surface area contributed by atoms with Gasteiger partial charge >= 0.3 is 0 Å². The molecule has 0 aliphatic carbocycles. The molecule has 0 bridgehead atoms. The molecule has 0 atom stereocenters. The van der Waals surface area contributed by atoms with Gasteiger partial charge in [0, 0.05) is 6.56 Å². The van der Waals surface area contributed by atoms with Gasteiger partial charge in [0.15, 0.2) is 0 Å². The molecule has 76 valence electrons. The molecule has 0 radical (unpaired) electrons. The van der Waals surface area contributed by atoms with Crippen LogP contribution >= 0.6 is 18.8 Å². The van der Waals surface area contributed by atoms with Gasteiger partial charge in [-0.05, 0) is 22.9 Å². The van der Waals surface area contributed by atoms with Crippen LogP contribution in [0.15, 0.2) is 60.7 Å². The van der Waals surface area contributed by atoms with Crippen molar-refractivity contribution in [1.29, 1.82) is 0 Å². The minimum Gasteiger partial charge on any atom is -0.108 e. The molecule has 0 spiro atoms. The Balaban J connectivity index is 0.000000337. The molecule has 0 nitrogen and oxygen atoms in total. The van der Waals surface area contributed by atoms with E-state index in [4.69, 9.17) is 0 Å². The van der Waals surface area contributed by atoms with Crippen LogP contribution in [0, 0.1) is 0 Å². The van der Waals surface area contributed by atoms with Crippen LogP contribution in [-0.4, -0.2) is 0 Å². The van der Waals surface area contributed by atoms with Gasteiger partial charge in [0.1, 0.15) is 0 Å². The van der Waals surface area contributed by atoms with E-state index in [9.17, 15) is 0 Å². The Kier molecular flexibility index (Phi) is 6.26. The van der Waals surface area contributed by atoms with E-state index in [0.29, 0.717) is 6.56 Å². The second-order valence-corrected chi connectivity index (χ2v) is 4.94. The van der Waals surface area contributed by atoms with Crippen molar-refractivity contribution in [3.63, 3.8) is 0 Å². The predicted molar refractivity (Wildman–Crippen MR) is 75.1 cm³/mol. The SMILES string of the molecule is S=PS.c1ccc(-c2ccccc2)cc1. The Bertz CT molecular complexity index is 349. The van der Waals surface area contributed by atoms with E-state index in [1.807, 2.05) is 12.1 Å². The summed E-state index contributed by atoms with van der Waals surface area (Å²) in [5.74, 6) is 0. The summed E-state index contributed by atoms with van der Waals surface area (Å²) in [6, 6.07) is 20.8. The predicted octanol–water partition coefficient (Wildman–Crippen LogP) is 4.59. The van der Waals surface area contributed by atoms with E-state index < -0.39 is 0 Å². The van der Waals surface area contributed by atoms with Crippen LogP contribution < -0.4 is 0 Å². The first-order valence-corrected chi connectivity index (χ1v) is 7.51. The lowest BCUT2D eigenvalue weighted by atomic mass is 10.1. The van der Waals surface area contributed by atoms with Gasteiger partial charge in [0.2, 0.25) is 0 Å². The van der Waals surface area contributed by atoms with Crippen LogP contribution in [0.25, 0.3) is 11.1 Å². The number of rotatable bonds is 1. The third-order valence-corrected chi connectivity index (χ3v) is 1.88. The van der Waals surface area contributed by atoms with Gasteiger partial charge in [0.25, 0.3) is 0 Å². The van der Waals surface area contributed by atoms with Gasteiger partial charge < -0.3 is 0 Å². The van der Waals surface area contributed by atoms with Gasteiger partial charge in [-0.3, -0.25) is 0 Å². The van der Waals surface area contributed by atoms with Crippen LogP contribution in [0.4, 0.5) is 0 Å². The van der Waals surface area contributed by atoms with Crippen molar-refractivity contribution >= 4 is 30.6 Å². The van der Waals surface area contributed by atoms with E-state index in [1.165, 1.54) is 11.1 Å². The molecular weight excluding hydrogens is 239 g/mol. The van der Waals surface area contributed by atoms with E-state index in [0.717, 1.165) is 0 Å². The standard InChI is InChI=1S/C12H10.HPS2/c1-3-7-11(8-4-1)12-9-5-2-6-10-12;2-1-3/h1-10H;(H,2,3). The molecule has 0 N–H and O–H groups in total. The summed E-state index contributed by atoms with van der Waals surface area (Å²) in [6.45, 7) is 0.694. The molecule has 0 aromatic heterocycles. The Morgan fingerprint density at radius 2 is 1.00 bits per heavy atom. The molecular formula is C12H11PS2. The van der Waals surface area contributed by atoms with Crippen molar-refractivity contribution in [3.8, 4) is 11.1 Å². The maximum absolute atomic E-state index is 4.23. The highest BCUT2D eigenvalue weighted by molar-refractivity contribution is 8.49. The highest BCUT2D eigenvalue weighted by atomic mass is 32.9. The molecule has 0 amide bonds. The maximum Gasteiger partial charge on any atom is 0.0397 e. The smallest absolute Gasteiger partial charge is 0.0397 e. The summed E-state index contributed by atoms with van der Waals surface area (Å²) < 4.78 is 0. The fourth-order valence-electron chi connectivity index (χ4n) is 1.26. The third-order valence-electron chi connectivity index (χ3n) is 1.88. The molecule has 0 fully saturated rings. The molecule has 0 unspecified atom stereocenters. The molecule has 2 aromatic rings. The highest BCUT2D eigenvalue weighted by Gasteiger charge is 1.91. The second-order valence-electron chi connectivity index (χ2n) is 2.81.